The molecule has 0 spiro atoms. The predicted molar refractivity (Wildman–Crippen MR) is 89.8 cm³/mol. The van der Waals surface area contributed by atoms with Crippen molar-refractivity contribution in [2.24, 2.45) is 0 Å². The van der Waals surface area contributed by atoms with Crippen molar-refractivity contribution in [3.05, 3.63) is 32.7 Å². The fourth-order valence-corrected chi connectivity index (χ4v) is 3.67. The summed E-state index contributed by atoms with van der Waals surface area (Å²) in [4.78, 5) is 12.3. The molecule has 2 aromatic heterocycles. The standard InChI is InChI=1S/C14H19BrN4S/c1-9(2)12-13(16-3)17-8-18-14(12)19(4)6-11-5-10(15)7-20-11/h5,7-9H,6H2,1-4H3,(H,16,17,18). The van der Waals surface area contributed by atoms with Gasteiger partial charge in [-0.1, -0.05) is 13.8 Å². The third-order valence-electron chi connectivity index (χ3n) is 3.05. The quantitative estimate of drug-likeness (QED) is 0.877. The maximum atomic E-state index is 4.48. The molecule has 108 valence electrons. The van der Waals surface area contributed by atoms with Gasteiger partial charge in [-0.3, -0.25) is 0 Å². The van der Waals surface area contributed by atoms with Crippen molar-refractivity contribution in [3.8, 4) is 0 Å². The topological polar surface area (TPSA) is 41.1 Å². The highest BCUT2D eigenvalue weighted by molar-refractivity contribution is 9.10. The van der Waals surface area contributed by atoms with Gasteiger partial charge in [0.2, 0.25) is 0 Å². The minimum atomic E-state index is 0.367. The second kappa shape index (κ2) is 6.54. The first-order valence-corrected chi connectivity index (χ1v) is 8.17. The Morgan fingerprint density at radius 1 is 1.40 bits per heavy atom. The number of halogens is 1. The lowest BCUT2D eigenvalue weighted by molar-refractivity contribution is 0.814. The van der Waals surface area contributed by atoms with Crippen LogP contribution in [0.5, 0.6) is 0 Å². The van der Waals surface area contributed by atoms with Gasteiger partial charge in [0.05, 0.1) is 6.54 Å². The summed E-state index contributed by atoms with van der Waals surface area (Å²) in [6, 6.07) is 2.15. The summed E-state index contributed by atoms with van der Waals surface area (Å²) in [6.07, 6.45) is 1.62. The van der Waals surface area contributed by atoms with Crippen LogP contribution < -0.4 is 10.2 Å². The van der Waals surface area contributed by atoms with E-state index in [1.807, 2.05) is 7.05 Å². The Labute approximate surface area is 132 Å². The van der Waals surface area contributed by atoms with Crippen LogP contribution in [0.2, 0.25) is 0 Å². The van der Waals surface area contributed by atoms with Crippen LogP contribution in [-0.4, -0.2) is 24.1 Å². The van der Waals surface area contributed by atoms with Gasteiger partial charge in [0.25, 0.3) is 0 Å². The molecule has 0 saturated carbocycles. The second-order valence-electron chi connectivity index (χ2n) is 4.95. The first-order chi connectivity index (χ1) is 9.52. The molecule has 2 heterocycles. The highest BCUT2D eigenvalue weighted by atomic mass is 79.9. The van der Waals surface area contributed by atoms with Crippen molar-refractivity contribution in [3.63, 3.8) is 0 Å². The highest BCUT2D eigenvalue weighted by Crippen LogP contribution is 2.31. The van der Waals surface area contributed by atoms with Crippen LogP contribution in [0.1, 0.15) is 30.2 Å². The zero-order valence-electron chi connectivity index (χ0n) is 12.1. The smallest absolute Gasteiger partial charge is 0.137 e. The highest BCUT2D eigenvalue weighted by Gasteiger charge is 2.17. The fourth-order valence-electron chi connectivity index (χ4n) is 2.17. The molecule has 0 aliphatic carbocycles. The van der Waals surface area contributed by atoms with E-state index in [1.165, 1.54) is 4.88 Å². The first-order valence-electron chi connectivity index (χ1n) is 6.49. The summed E-state index contributed by atoms with van der Waals surface area (Å²) in [5.74, 6) is 2.26. The molecule has 0 radical (unpaired) electrons. The molecule has 0 aliphatic heterocycles. The fraction of sp³-hybridized carbons (Fsp3) is 0.429. The summed E-state index contributed by atoms with van der Waals surface area (Å²) in [6.45, 7) is 5.17. The number of nitrogens with zero attached hydrogens (tertiary/aromatic N) is 3. The average Bonchev–Trinajstić information content (AvgIpc) is 2.82. The summed E-state index contributed by atoms with van der Waals surface area (Å²) in [7, 11) is 3.97. The molecule has 2 rings (SSSR count). The van der Waals surface area contributed by atoms with E-state index in [0.717, 1.165) is 28.2 Å². The van der Waals surface area contributed by atoms with Crippen molar-refractivity contribution < 1.29 is 0 Å². The Kier molecular flexibility index (Phi) is 4.99. The Balaban J connectivity index is 2.31. The zero-order chi connectivity index (χ0) is 14.7. The van der Waals surface area contributed by atoms with Gasteiger partial charge in [0.15, 0.2) is 0 Å². The van der Waals surface area contributed by atoms with Crippen molar-refractivity contribution in [2.45, 2.75) is 26.3 Å². The Bertz CT molecular complexity index is 582. The molecule has 0 saturated heterocycles. The second-order valence-corrected chi connectivity index (χ2v) is 6.86. The van der Waals surface area contributed by atoms with Crippen molar-refractivity contribution >= 4 is 38.9 Å². The SMILES string of the molecule is CNc1ncnc(N(C)Cc2cc(Br)cs2)c1C(C)C. The van der Waals surface area contributed by atoms with Gasteiger partial charge in [-0.25, -0.2) is 9.97 Å². The van der Waals surface area contributed by atoms with E-state index in [1.54, 1.807) is 17.7 Å². The molecular weight excluding hydrogens is 336 g/mol. The van der Waals surface area contributed by atoms with E-state index in [9.17, 15) is 0 Å². The van der Waals surface area contributed by atoms with Gasteiger partial charge in [0, 0.05) is 34.4 Å². The van der Waals surface area contributed by atoms with Crippen molar-refractivity contribution in [1.29, 1.82) is 0 Å². The number of hydrogen-bond donors (Lipinski definition) is 1. The molecule has 1 N–H and O–H groups in total. The minimum absolute atomic E-state index is 0.367. The molecule has 0 unspecified atom stereocenters. The lowest BCUT2D eigenvalue weighted by Gasteiger charge is -2.23. The van der Waals surface area contributed by atoms with Gasteiger partial charge >= 0.3 is 0 Å². The maximum Gasteiger partial charge on any atom is 0.137 e. The van der Waals surface area contributed by atoms with Gasteiger partial charge in [-0.05, 0) is 27.9 Å². The third kappa shape index (κ3) is 3.30. The van der Waals surface area contributed by atoms with E-state index in [4.69, 9.17) is 0 Å². The first kappa shape index (κ1) is 15.3. The maximum absolute atomic E-state index is 4.48. The van der Waals surface area contributed by atoms with Gasteiger partial charge in [-0.15, -0.1) is 11.3 Å². The van der Waals surface area contributed by atoms with E-state index in [2.05, 4.69) is 68.5 Å². The van der Waals surface area contributed by atoms with Crippen LogP contribution in [-0.2, 0) is 6.54 Å². The molecule has 0 bridgehead atoms. The summed E-state index contributed by atoms with van der Waals surface area (Å²) < 4.78 is 1.13. The van der Waals surface area contributed by atoms with Crippen LogP contribution in [0.15, 0.2) is 22.2 Å². The Hall–Kier alpha value is -1.14. The van der Waals surface area contributed by atoms with Crippen LogP contribution in [0.4, 0.5) is 11.6 Å². The summed E-state index contributed by atoms with van der Waals surface area (Å²) in [5.41, 5.74) is 1.16. The number of hydrogen-bond acceptors (Lipinski definition) is 5. The number of nitrogens with one attached hydrogen (secondary N) is 1. The Morgan fingerprint density at radius 3 is 2.70 bits per heavy atom. The lowest BCUT2D eigenvalue weighted by atomic mass is 10.0. The molecule has 20 heavy (non-hydrogen) atoms. The molecule has 4 nitrogen and oxygen atoms in total. The van der Waals surface area contributed by atoms with Crippen molar-refractivity contribution in [2.75, 3.05) is 24.3 Å². The number of anilines is 2. The zero-order valence-corrected chi connectivity index (χ0v) is 14.5. The van der Waals surface area contributed by atoms with E-state index in [-0.39, 0.29) is 0 Å². The molecule has 2 aromatic rings. The molecule has 0 aromatic carbocycles. The van der Waals surface area contributed by atoms with Crippen LogP contribution in [0, 0.1) is 0 Å². The van der Waals surface area contributed by atoms with Gasteiger partial charge < -0.3 is 10.2 Å². The minimum Gasteiger partial charge on any atom is -0.373 e. The van der Waals surface area contributed by atoms with E-state index >= 15 is 0 Å². The number of rotatable bonds is 5. The monoisotopic (exact) mass is 354 g/mol. The normalized spacial score (nSPS) is 10.9. The molecule has 0 aliphatic rings. The predicted octanol–water partition coefficient (Wildman–Crippen LogP) is 4.10. The average molecular weight is 355 g/mol. The van der Waals surface area contributed by atoms with E-state index in [0.29, 0.717) is 5.92 Å². The molecule has 6 heteroatoms. The molecule has 0 amide bonds. The number of aromatic nitrogens is 2. The molecule has 0 fully saturated rings. The largest absolute Gasteiger partial charge is 0.373 e. The van der Waals surface area contributed by atoms with Crippen LogP contribution >= 0.6 is 27.3 Å². The molecular formula is C14H19BrN4S. The summed E-state index contributed by atoms with van der Waals surface area (Å²) >= 11 is 5.24. The van der Waals surface area contributed by atoms with E-state index < -0.39 is 0 Å². The molecule has 0 atom stereocenters. The Morgan fingerprint density at radius 2 is 2.15 bits per heavy atom. The summed E-state index contributed by atoms with van der Waals surface area (Å²) in [5, 5.41) is 5.26. The van der Waals surface area contributed by atoms with Crippen LogP contribution in [0.3, 0.4) is 0 Å². The van der Waals surface area contributed by atoms with Crippen molar-refractivity contribution in [1.82, 2.24) is 9.97 Å². The lowest BCUT2D eigenvalue weighted by Crippen LogP contribution is -2.20. The van der Waals surface area contributed by atoms with Gasteiger partial charge in [-0.2, -0.15) is 0 Å². The third-order valence-corrected chi connectivity index (χ3v) is 4.74. The van der Waals surface area contributed by atoms with Gasteiger partial charge in [0.1, 0.15) is 18.0 Å². The van der Waals surface area contributed by atoms with Crippen LogP contribution in [0.25, 0.3) is 0 Å². The number of thiophene rings is 1.